The highest BCUT2D eigenvalue weighted by Crippen LogP contribution is 2.34. The van der Waals surface area contributed by atoms with Gasteiger partial charge >= 0.3 is 6.03 Å². The van der Waals surface area contributed by atoms with Crippen LogP contribution in [0.25, 0.3) is 0 Å². The van der Waals surface area contributed by atoms with Crippen LogP contribution in [0, 0.1) is 5.92 Å². The summed E-state index contributed by atoms with van der Waals surface area (Å²) in [6.07, 6.45) is 4.83. The van der Waals surface area contributed by atoms with E-state index < -0.39 is 0 Å². The lowest BCUT2D eigenvalue weighted by Gasteiger charge is -2.35. The summed E-state index contributed by atoms with van der Waals surface area (Å²) >= 11 is 0. The van der Waals surface area contributed by atoms with Crippen molar-refractivity contribution in [3.05, 3.63) is 0 Å². The van der Waals surface area contributed by atoms with Crippen LogP contribution in [0.5, 0.6) is 0 Å². The molecule has 3 unspecified atom stereocenters. The van der Waals surface area contributed by atoms with Gasteiger partial charge in [0, 0.05) is 30.7 Å². The molecule has 1 saturated heterocycles. The standard InChI is InChI=1S/C15H29N3O2/c1-15(2,18(3)4)10-16-14(19)17-12-6-5-7-13-11(12)8-9-20-13/h11-13H,5-10H2,1-4H3,(H2,16,17,19). The van der Waals surface area contributed by atoms with Crippen LogP contribution in [-0.2, 0) is 4.74 Å². The monoisotopic (exact) mass is 283 g/mol. The third-order valence-corrected chi connectivity index (χ3v) is 4.99. The van der Waals surface area contributed by atoms with Crippen LogP contribution in [0.1, 0.15) is 39.5 Å². The second-order valence-corrected chi connectivity index (χ2v) is 6.93. The van der Waals surface area contributed by atoms with Crippen molar-refractivity contribution >= 4 is 6.03 Å². The maximum atomic E-state index is 12.1. The largest absolute Gasteiger partial charge is 0.378 e. The van der Waals surface area contributed by atoms with Crippen LogP contribution in [0.15, 0.2) is 0 Å². The predicted octanol–water partition coefficient (Wildman–Crippen LogP) is 1.58. The smallest absolute Gasteiger partial charge is 0.315 e. The zero-order chi connectivity index (χ0) is 14.8. The van der Waals surface area contributed by atoms with Gasteiger partial charge in [-0.2, -0.15) is 0 Å². The fourth-order valence-electron chi connectivity index (χ4n) is 3.03. The molecule has 2 N–H and O–H groups in total. The van der Waals surface area contributed by atoms with Gasteiger partial charge < -0.3 is 20.3 Å². The lowest BCUT2D eigenvalue weighted by Crippen LogP contribution is -2.53. The zero-order valence-electron chi connectivity index (χ0n) is 13.2. The van der Waals surface area contributed by atoms with E-state index in [4.69, 9.17) is 4.74 Å². The minimum absolute atomic E-state index is 0.0388. The predicted molar refractivity (Wildman–Crippen MR) is 79.8 cm³/mol. The Morgan fingerprint density at radius 1 is 1.30 bits per heavy atom. The van der Waals surface area contributed by atoms with Gasteiger partial charge in [-0.15, -0.1) is 0 Å². The van der Waals surface area contributed by atoms with Crippen LogP contribution in [0.2, 0.25) is 0 Å². The average Bonchev–Trinajstić information content (AvgIpc) is 2.86. The van der Waals surface area contributed by atoms with Crippen LogP contribution >= 0.6 is 0 Å². The van der Waals surface area contributed by atoms with Crippen LogP contribution in [0.4, 0.5) is 4.79 Å². The van der Waals surface area contributed by atoms with E-state index in [-0.39, 0.29) is 17.6 Å². The number of amides is 2. The molecule has 0 spiro atoms. The zero-order valence-corrected chi connectivity index (χ0v) is 13.2. The van der Waals surface area contributed by atoms with Crippen LogP contribution in [0.3, 0.4) is 0 Å². The molecule has 1 aliphatic heterocycles. The molecular weight excluding hydrogens is 254 g/mol. The first-order valence-electron chi connectivity index (χ1n) is 7.73. The fraction of sp³-hybridized carbons (Fsp3) is 0.933. The van der Waals surface area contributed by atoms with Crippen LogP contribution in [-0.4, -0.2) is 55.9 Å². The highest BCUT2D eigenvalue weighted by Gasteiger charge is 2.38. The van der Waals surface area contributed by atoms with E-state index in [0.29, 0.717) is 18.6 Å². The Hall–Kier alpha value is -0.810. The molecule has 0 aromatic carbocycles. The van der Waals surface area contributed by atoms with E-state index in [1.54, 1.807) is 0 Å². The molecule has 0 bridgehead atoms. The summed E-state index contributed by atoms with van der Waals surface area (Å²) < 4.78 is 5.74. The topological polar surface area (TPSA) is 53.6 Å². The van der Waals surface area contributed by atoms with Gasteiger partial charge in [-0.1, -0.05) is 0 Å². The van der Waals surface area contributed by atoms with Gasteiger partial charge in [0.15, 0.2) is 0 Å². The SMILES string of the molecule is CN(C)C(C)(C)CNC(=O)NC1CCCC2OCCC12. The lowest BCUT2D eigenvalue weighted by molar-refractivity contribution is 0.0548. The Morgan fingerprint density at radius 3 is 2.75 bits per heavy atom. The summed E-state index contributed by atoms with van der Waals surface area (Å²) in [6.45, 7) is 5.73. The first-order chi connectivity index (χ1) is 9.40. The van der Waals surface area contributed by atoms with Crippen molar-refractivity contribution in [1.29, 1.82) is 0 Å². The van der Waals surface area contributed by atoms with Gasteiger partial charge in [0.2, 0.25) is 0 Å². The summed E-state index contributed by atoms with van der Waals surface area (Å²) in [7, 11) is 4.06. The van der Waals surface area contributed by atoms with Crippen molar-refractivity contribution in [2.45, 2.75) is 57.2 Å². The molecule has 2 aliphatic rings. The average molecular weight is 283 g/mol. The number of hydrogen-bond acceptors (Lipinski definition) is 3. The van der Waals surface area contributed by atoms with Gasteiger partial charge in [0.25, 0.3) is 0 Å². The molecule has 2 amide bonds. The number of carbonyl (C=O) groups excluding carboxylic acids is 1. The van der Waals surface area contributed by atoms with Crippen molar-refractivity contribution in [2.75, 3.05) is 27.2 Å². The normalized spacial score (nSPS) is 30.1. The highest BCUT2D eigenvalue weighted by atomic mass is 16.5. The van der Waals surface area contributed by atoms with Crippen molar-refractivity contribution in [3.63, 3.8) is 0 Å². The van der Waals surface area contributed by atoms with Gasteiger partial charge in [0.1, 0.15) is 0 Å². The number of urea groups is 1. The van der Waals surface area contributed by atoms with Crippen LogP contribution < -0.4 is 10.6 Å². The molecule has 5 nitrogen and oxygen atoms in total. The third kappa shape index (κ3) is 3.64. The van der Waals surface area contributed by atoms with Gasteiger partial charge in [-0.3, -0.25) is 0 Å². The van der Waals surface area contributed by atoms with E-state index >= 15 is 0 Å². The van der Waals surface area contributed by atoms with E-state index in [1.807, 2.05) is 14.1 Å². The van der Waals surface area contributed by atoms with Crippen molar-refractivity contribution < 1.29 is 9.53 Å². The molecule has 1 aliphatic carbocycles. The Labute approximate surface area is 122 Å². The molecule has 0 radical (unpaired) electrons. The molecule has 5 heteroatoms. The number of nitrogens with zero attached hydrogens (tertiary/aromatic N) is 1. The van der Waals surface area contributed by atoms with E-state index in [0.717, 1.165) is 32.3 Å². The molecule has 0 aromatic rings. The van der Waals surface area contributed by atoms with Gasteiger partial charge in [-0.05, 0) is 53.6 Å². The van der Waals surface area contributed by atoms with E-state index in [9.17, 15) is 4.79 Å². The molecule has 1 heterocycles. The molecule has 1 saturated carbocycles. The van der Waals surface area contributed by atoms with E-state index in [2.05, 4.69) is 29.4 Å². The quantitative estimate of drug-likeness (QED) is 0.824. The summed E-state index contributed by atoms with van der Waals surface area (Å²) in [5, 5.41) is 6.15. The first kappa shape index (κ1) is 15.6. The summed E-state index contributed by atoms with van der Waals surface area (Å²) in [4.78, 5) is 14.2. The molecule has 3 atom stereocenters. The Balaban J connectivity index is 1.79. The fourth-order valence-corrected chi connectivity index (χ4v) is 3.03. The highest BCUT2D eigenvalue weighted by molar-refractivity contribution is 5.74. The molecule has 0 aromatic heterocycles. The Kier molecular flexibility index (Phi) is 4.91. The number of nitrogens with one attached hydrogen (secondary N) is 2. The summed E-state index contributed by atoms with van der Waals surface area (Å²) in [5.41, 5.74) is -0.0388. The number of rotatable bonds is 4. The number of fused-ring (bicyclic) bond motifs is 1. The minimum Gasteiger partial charge on any atom is -0.378 e. The molecular formula is C15H29N3O2. The summed E-state index contributed by atoms with van der Waals surface area (Å²) in [5.74, 6) is 0.511. The third-order valence-electron chi connectivity index (χ3n) is 4.99. The Bertz CT molecular complexity index is 344. The first-order valence-corrected chi connectivity index (χ1v) is 7.73. The maximum absolute atomic E-state index is 12.1. The van der Waals surface area contributed by atoms with Crippen molar-refractivity contribution in [3.8, 4) is 0 Å². The number of hydrogen-bond donors (Lipinski definition) is 2. The molecule has 2 fully saturated rings. The molecule has 20 heavy (non-hydrogen) atoms. The van der Waals surface area contributed by atoms with Crippen molar-refractivity contribution in [1.82, 2.24) is 15.5 Å². The second kappa shape index (κ2) is 6.31. The maximum Gasteiger partial charge on any atom is 0.315 e. The van der Waals surface area contributed by atoms with Gasteiger partial charge in [-0.25, -0.2) is 4.79 Å². The second-order valence-electron chi connectivity index (χ2n) is 6.93. The summed E-state index contributed by atoms with van der Waals surface area (Å²) in [6, 6.07) is 0.233. The lowest BCUT2D eigenvalue weighted by atomic mass is 9.82. The minimum atomic E-state index is -0.0440. The number of ether oxygens (including phenoxy) is 1. The molecule has 2 rings (SSSR count). The van der Waals surface area contributed by atoms with Gasteiger partial charge in [0.05, 0.1) is 6.10 Å². The molecule has 116 valence electrons. The van der Waals surface area contributed by atoms with E-state index in [1.165, 1.54) is 0 Å². The van der Waals surface area contributed by atoms with Crippen molar-refractivity contribution in [2.24, 2.45) is 5.92 Å². The number of likely N-dealkylation sites (N-methyl/N-ethyl adjacent to an activating group) is 1. The Morgan fingerprint density at radius 2 is 2.05 bits per heavy atom. The number of carbonyl (C=O) groups is 1.